The molecule has 0 aliphatic rings. The Balaban J connectivity index is 1.89. The van der Waals surface area contributed by atoms with Crippen molar-refractivity contribution in [2.75, 3.05) is 0 Å². The van der Waals surface area contributed by atoms with Gasteiger partial charge in [0.05, 0.1) is 6.33 Å². The molecule has 0 fully saturated rings. The Kier molecular flexibility index (Phi) is 11.2. The summed E-state index contributed by atoms with van der Waals surface area (Å²) in [7, 11) is 0. The molecular formula is C32H46N6O6. The van der Waals surface area contributed by atoms with Crippen LogP contribution < -0.4 is 16.0 Å². The van der Waals surface area contributed by atoms with E-state index in [9.17, 15) is 19.2 Å². The Hall–Kier alpha value is -4.35. The largest absolute Gasteiger partial charge is 0.458 e. The number of amides is 3. The molecule has 0 aliphatic carbocycles. The summed E-state index contributed by atoms with van der Waals surface area (Å²) in [6.45, 7) is 14.2. The second kappa shape index (κ2) is 14.4. The fraction of sp³-hybridized carbons (Fsp3) is 0.531. The van der Waals surface area contributed by atoms with Crippen LogP contribution in [-0.2, 0) is 36.7 Å². The summed E-state index contributed by atoms with van der Waals surface area (Å²) in [5, 5.41) is 9.19. The first-order chi connectivity index (χ1) is 20.6. The Morgan fingerprint density at radius 1 is 0.864 bits per heavy atom. The molecule has 0 saturated heterocycles. The lowest BCUT2D eigenvalue weighted by atomic mass is 9.98. The molecule has 5 N–H and O–H groups in total. The molecular weight excluding hydrogens is 564 g/mol. The van der Waals surface area contributed by atoms with Gasteiger partial charge in [-0.1, -0.05) is 38.5 Å². The number of para-hydroxylation sites is 1. The molecule has 12 heteroatoms. The Bertz CT molecular complexity index is 1420. The first-order valence-electron chi connectivity index (χ1n) is 14.9. The fourth-order valence-electron chi connectivity index (χ4n) is 4.57. The number of carbonyl (C=O) groups excluding carboxylic acids is 4. The number of nitrogens with zero attached hydrogens (tertiary/aromatic N) is 1. The predicted octanol–water partition coefficient (Wildman–Crippen LogP) is 3.93. The maximum atomic E-state index is 13.9. The topological polar surface area (TPSA) is 167 Å². The predicted molar refractivity (Wildman–Crippen MR) is 167 cm³/mol. The van der Waals surface area contributed by atoms with E-state index in [2.05, 4.69) is 30.9 Å². The van der Waals surface area contributed by atoms with Gasteiger partial charge in [0, 0.05) is 41.8 Å². The Morgan fingerprint density at radius 3 is 2.11 bits per heavy atom. The molecule has 1 aromatic carbocycles. The van der Waals surface area contributed by atoms with Crippen LogP contribution in [0.4, 0.5) is 4.79 Å². The highest BCUT2D eigenvalue weighted by Crippen LogP contribution is 2.20. The first kappa shape index (κ1) is 34.1. The normalized spacial score (nSPS) is 14.6. The molecule has 44 heavy (non-hydrogen) atoms. The summed E-state index contributed by atoms with van der Waals surface area (Å²) in [5.41, 5.74) is 0.736. The Labute approximate surface area is 258 Å². The smallest absolute Gasteiger partial charge is 0.408 e. The van der Waals surface area contributed by atoms with Crippen molar-refractivity contribution in [3.63, 3.8) is 0 Å². The average Bonchev–Trinajstić information content (AvgIpc) is 3.58. The van der Waals surface area contributed by atoms with Crippen molar-refractivity contribution < 1.29 is 28.7 Å². The van der Waals surface area contributed by atoms with E-state index >= 15 is 0 Å². The van der Waals surface area contributed by atoms with Gasteiger partial charge in [0.1, 0.15) is 29.3 Å². The van der Waals surface area contributed by atoms with E-state index in [-0.39, 0.29) is 18.8 Å². The van der Waals surface area contributed by atoms with Gasteiger partial charge in [0.25, 0.3) is 0 Å². The highest BCUT2D eigenvalue weighted by molar-refractivity contribution is 5.94. The van der Waals surface area contributed by atoms with Crippen molar-refractivity contribution >= 4 is 34.8 Å². The van der Waals surface area contributed by atoms with Gasteiger partial charge in [-0.3, -0.25) is 9.59 Å². The number of aromatic amines is 2. The van der Waals surface area contributed by atoms with Gasteiger partial charge in [0.15, 0.2) is 0 Å². The van der Waals surface area contributed by atoms with Crippen LogP contribution in [0, 0.1) is 5.92 Å². The van der Waals surface area contributed by atoms with Crippen LogP contribution in [0.5, 0.6) is 0 Å². The van der Waals surface area contributed by atoms with E-state index in [0.29, 0.717) is 12.1 Å². The lowest BCUT2D eigenvalue weighted by Gasteiger charge is -2.29. The minimum Gasteiger partial charge on any atom is -0.458 e. The van der Waals surface area contributed by atoms with Gasteiger partial charge in [-0.05, 0) is 59.1 Å². The number of fused-ring (bicyclic) bond motifs is 1. The molecule has 0 bridgehead atoms. The minimum absolute atomic E-state index is 0.0609. The molecule has 0 saturated carbocycles. The lowest BCUT2D eigenvalue weighted by Crippen LogP contribution is -2.58. The number of H-pyrrole nitrogens is 2. The first-order valence-corrected chi connectivity index (χ1v) is 14.9. The maximum Gasteiger partial charge on any atom is 0.408 e. The van der Waals surface area contributed by atoms with Gasteiger partial charge in [-0.25, -0.2) is 14.6 Å². The zero-order valence-corrected chi connectivity index (χ0v) is 26.9. The van der Waals surface area contributed by atoms with Crippen molar-refractivity contribution in [2.24, 2.45) is 5.92 Å². The van der Waals surface area contributed by atoms with Crippen LogP contribution in [-0.4, -0.2) is 68.2 Å². The number of aromatic nitrogens is 3. The van der Waals surface area contributed by atoms with Gasteiger partial charge in [-0.2, -0.15) is 0 Å². The lowest BCUT2D eigenvalue weighted by molar-refractivity contribution is -0.160. The van der Waals surface area contributed by atoms with Crippen molar-refractivity contribution in [1.82, 2.24) is 30.9 Å². The van der Waals surface area contributed by atoms with E-state index in [4.69, 9.17) is 9.47 Å². The van der Waals surface area contributed by atoms with Crippen molar-refractivity contribution in [1.29, 1.82) is 0 Å². The van der Waals surface area contributed by atoms with Crippen molar-refractivity contribution in [2.45, 2.75) is 104 Å². The molecule has 4 atom stereocenters. The standard InChI is InChI=1S/C32H46N6O6/c1-9-19(2)26(29(41)43-31(3,4)5)38-28(40)25(15-21-17-33-18-35-21)36-27(39)24(37-30(42)44-32(6,7)8)14-20-16-34-23-13-11-10-12-22(20)23/h10-13,16-19,24-26,34H,9,14-15H2,1-8H3,(H,33,35)(H,36,39)(H,37,42)(H,38,40)/t19-,24-,25-,26-/m0/s1. The van der Waals surface area contributed by atoms with Crippen LogP contribution in [0.2, 0.25) is 0 Å². The van der Waals surface area contributed by atoms with E-state index in [1.807, 2.05) is 38.1 Å². The Morgan fingerprint density at radius 2 is 1.50 bits per heavy atom. The zero-order chi connectivity index (χ0) is 32.7. The molecule has 0 spiro atoms. The number of benzene rings is 1. The molecule has 0 radical (unpaired) electrons. The van der Waals surface area contributed by atoms with E-state index in [0.717, 1.165) is 16.5 Å². The number of esters is 1. The summed E-state index contributed by atoms with van der Waals surface area (Å²) in [4.78, 5) is 63.7. The number of rotatable bonds is 12. The van der Waals surface area contributed by atoms with Crippen LogP contribution >= 0.6 is 0 Å². The third-order valence-corrected chi connectivity index (χ3v) is 6.89. The molecule has 240 valence electrons. The van der Waals surface area contributed by atoms with E-state index < -0.39 is 53.2 Å². The monoisotopic (exact) mass is 610 g/mol. The average molecular weight is 611 g/mol. The highest BCUT2D eigenvalue weighted by Gasteiger charge is 2.35. The zero-order valence-electron chi connectivity index (χ0n) is 26.9. The van der Waals surface area contributed by atoms with Gasteiger partial charge in [0.2, 0.25) is 11.8 Å². The van der Waals surface area contributed by atoms with Crippen molar-refractivity contribution in [3.8, 4) is 0 Å². The molecule has 3 aromatic rings. The van der Waals surface area contributed by atoms with Crippen LogP contribution in [0.15, 0.2) is 43.0 Å². The molecule has 12 nitrogen and oxygen atoms in total. The molecule has 0 aliphatic heterocycles. The highest BCUT2D eigenvalue weighted by atomic mass is 16.6. The van der Waals surface area contributed by atoms with Crippen LogP contribution in [0.1, 0.15) is 73.1 Å². The third-order valence-electron chi connectivity index (χ3n) is 6.89. The van der Waals surface area contributed by atoms with E-state index in [1.54, 1.807) is 53.9 Å². The van der Waals surface area contributed by atoms with Gasteiger partial charge in [-0.15, -0.1) is 0 Å². The molecule has 3 amide bonds. The molecule has 3 rings (SSSR count). The third kappa shape index (κ3) is 10.1. The fourth-order valence-corrected chi connectivity index (χ4v) is 4.57. The number of hydrogen-bond acceptors (Lipinski definition) is 7. The molecule has 2 aromatic heterocycles. The summed E-state index contributed by atoms with van der Waals surface area (Å²) in [6, 6.07) is 4.49. The van der Waals surface area contributed by atoms with Crippen LogP contribution in [0.25, 0.3) is 10.9 Å². The number of hydrogen-bond donors (Lipinski definition) is 5. The number of nitrogens with one attached hydrogen (secondary N) is 5. The van der Waals surface area contributed by atoms with Crippen molar-refractivity contribution in [3.05, 3.63) is 54.2 Å². The SMILES string of the molecule is CC[C@H](C)[C@H](NC(=O)[C@H](Cc1cnc[nH]1)NC(=O)[C@H](Cc1c[nH]c2ccccc12)NC(=O)OC(C)(C)C)C(=O)OC(C)(C)C. The molecule has 2 heterocycles. The summed E-state index contributed by atoms with van der Waals surface area (Å²) in [5.74, 6) is -1.97. The second-order valence-electron chi connectivity index (χ2n) is 13.0. The quantitative estimate of drug-likeness (QED) is 0.194. The van der Waals surface area contributed by atoms with E-state index in [1.165, 1.54) is 6.33 Å². The molecule has 0 unspecified atom stereocenters. The van der Waals surface area contributed by atoms with Gasteiger partial charge < -0.3 is 35.4 Å². The number of alkyl carbamates (subject to hydrolysis) is 1. The summed E-state index contributed by atoms with van der Waals surface area (Å²) in [6.07, 6.45) is 4.83. The number of carbonyl (C=O) groups is 4. The van der Waals surface area contributed by atoms with Gasteiger partial charge >= 0.3 is 12.1 Å². The minimum atomic E-state index is -1.11. The number of ether oxygens (including phenoxy) is 2. The summed E-state index contributed by atoms with van der Waals surface area (Å²) >= 11 is 0. The summed E-state index contributed by atoms with van der Waals surface area (Å²) < 4.78 is 11.0. The second-order valence-corrected chi connectivity index (χ2v) is 13.0. The van der Waals surface area contributed by atoms with Crippen LogP contribution in [0.3, 0.4) is 0 Å². The maximum absolute atomic E-state index is 13.9. The number of imidazole rings is 1.